The number of aromatic nitrogens is 2. The van der Waals surface area contributed by atoms with Gasteiger partial charge in [0.25, 0.3) is 0 Å². The number of hydrogen-bond acceptors (Lipinski definition) is 6. The standard InChI is InChI=1S/C9H10N4OS2/c1-4(7(11)14)16-9-12-6(10)5-2-3-15-8(5)13-9/h2-4H,1H3,(H2,11,14)(H2,10,12,13). The van der Waals surface area contributed by atoms with Crippen LogP contribution >= 0.6 is 23.1 Å². The molecule has 84 valence electrons. The maximum atomic E-state index is 10.9. The zero-order valence-electron chi connectivity index (χ0n) is 8.51. The zero-order chi connectivity index (χ0) is 11.7. The van der Waals surface area contributed by atoms with Crippen LogP contribution in [0.5, 0.6) is 0 Å². The minimum absolute atomic E-state index is 0.364. The first-order valence-corrected chi connectivity index (χ1v) is 6.30. The van der Waals surface area contributed by atoms with Gasteiger partial charge in [-0.15, -0.1) is 11.3 Å². The third-order valence-electron chi connectivity index (χ3n) is 2.02. The van der Waals surface area contributed by atoms with E-state index in [1.807, 2.05) is 11.4 Å². The van der Waals surface area contributed by atoms with Crippen molar-refractivity contribution in [3.63, 3.8) is 0 Å². The molecular weight excluding hydrogens is 244 g/mol. The molecule has 0 aliphatic rings. The Bertz CT molecular complexity index is 539. The molecule has 1 atom stereocenters. The van der Waals surface area contributed by atoms with E-state index in [4.69, 9.17) is 11.5 Å². The van der Waals surface area contributed by atoms with Crippen LogP contribution in [0.2, 0.25) is 0 Å². The Kier molecular flexibility index (Phi) is 2.97. The summed E-state index contributed by atoms with van der Waals surface area (Å²) in [4.78, 5) is 20.2. The topological polar surface area (TPSA) is 94.9 Å². The van der Waals surface area contributed by atoms with Crippen molar-refractivity contribution < 1.29 is 4.79 Å². The highest BCUT2D eigenvalue weighted by Crippen LogP contribution is 2.27. The number of carbonyl (C=O) groups is 1. The number of primary amides is 1. The molecule has 16 heavy (non-hydrogen) atoms. The molecule has 0 aliphatic carbocycles. The van der Waals surface area contributed by atoms with Gasteiger partial charge in [-0.2, -0.15) is 0 Å². The molecule has 0 saturated carbocycles. The smallest absolute Gasteiger partial charge is 0.230 e. The predicted octanol–water partition coefficient (Wildman–Crippen LogP) is 1.24. The van der Waals surface area contributed by atoms with E-state index in [-0.39, 0.29) is 5.25 Å². The molecule has 7 heteroatoms. The molecule has 1 unspecified atom stereocenters. The summed E-state index contributed by atoms with van der Waals surface area (Å²) >= 11 is 2.70. The summed E-state index contributed by atoms with van der Waals surface area (Å²) in [6.07, 6.45) is 0. The molecule has 0 fully saturated rings. The Morgan fingerprint density at radius 1 is 1.56 bits per heavy atom. The molecular formula is C9H10N4OS2. The maximum absolute atomic E-state index is 10.9. The zero-order valence-corrected chi connectivity index (χ0v) is 10.1. The Hall–Kier alpha value is -1.34. The van der Waals surface area contributed by atoms with Crippen LogP contribution < -0.4 is 11.5 Å². The summed E-state index contributed by atoms with van der Waals surface area (Å²) in [6, 6.07) is 1.88. The van der Waals surface area contributed by atoms with Crippen LogP contribution in [-0.2, 0) is 4.79 Å². The second kappa shape index (κ2) is 4.26. The van der Waals surface area contributed by atoms with Crippen molar-refractivity contribution in [3.05, 3.63) is 11.4 Å². The SMILES string of the molecule is CC(Sc1nc(N)c2ccsc2n1)C(N)=O. The average Bonchev–Trinajstić information content (AvgIpc) is 2.65. The molecule has 5 nitrogen and oxygen atoms in total. The fourth-order valence-electron chi connectivity index (χ4n) is 1.13. The molecule has 1 amide bonds. The molecule has 0 spiro atoms. The minimum Gasteiger partial charge on any atom is -0.383 e. The normalized spacial score (nSPS) is 12.8. The van der Waals surface area contributed by atoms with Gasteiger partial charge < -0.3 is 11.5 Å². The Morgan fingerprint density at radius 3 is 3.00 bits per heavy atom. The van der Waals surface area contributed by atoms with Crippen LogP contribution in [-0.4, -0.2) is 21.1 Å². The minimum atomic E-state index is -0.390. The quantitative estimate of drug-likeness (QED) is 0.634. The highest BCUT2D eigenvalue weighted by Gasteiger charge is 2.14. The molecule has 0 aliphatic heterocycles. The van der Waals surface area contributed by atoms with Crippen molar-refractivity contribution >= 4 is 45.0 Å². The number of fused-ring (bicyclic) bond motifs is 1. The lowest BCUT2D eigenvalue weighted by Gasteiger charge is -2.05. The number of carbonyl (C=O) groups excluding carboxylic acids is 1. The van der Waals surface area contributed by atoms with Crippen molar-refractivity contribution in [1.82, 2.24) is 9.97 Å². The van der Waals surface area contributed by atoms with Crippen molar-refractivity contribution in [1.29, 1.82) is 0 Å². The molecule has 0 aromatic carbocycles. The number of rotatable bonds is 3. The van der Waals surface area contributed by atoms with E-state index in [0.717, 1.165) is 10.2 Å². The number of nitrogens with zero attached hydrogens (tertiary/aromatic N) is 2. The van der Waals surface area contributed by atoms with Crippen LogP contribution in [0.1, 0.15) is 6.92 Å². The van der Waals surface area contributed by atoms with Gasteiger partial charge in [0.2, 0.25) is 5.91 Å². The van der Waals surface area contributed by atoms with E-state index < -0.39 is 5.91 Å². The lowest BCUT2D eigenvalue weighted by molar-refractivity contribution is -0.117. The van der Waals surface area contributed by atoms with Crippen molar-refractivity contribution in [2.45, 2.75) is 17.3 Å². The predicted molar refractivity (Wildman–Crippen MR) is 66.3 cm³/mol. The van der Waals surface area contributed by atoms with Crippen molar-refractivity contribution in [2.75, 3.05) is 5.73 Å². The van der Waals surface area contributed by atoms with Crippen molar-refractivity contribution in [3.8, 4) is 0 Å². The summed E-state index contributed by atoms with van der Waals surface area (Å²) in [6.45, 7) is 1.71. The van der Waals surface area contributed by atoms with E-state index in [9.17, 15) is 4.79 Å². The van der Waals surface area contributed by atoms with Crippen LogP contribution in [0.15, 0.2) is 16.6 Å². The molecule has 2 heterocycles. The fraction of sp³-hybridized carbons (Fsp3) is 0.222. The van der Waals surface area contributed by atoms with Gasteiger partial charge in [-0.25, -0.2) is 9.97 Å². The van der Waals surface area contributed by atoms with Gasteiger partial charge in [0, 0.05) is 0 Å². The third-order valence-corrected chi connectivity index (χ3v) is 3.80. The summed E-state index contributed by atoms with van der Waals surface area (Å²) < 4.78 is 0. The molecule has 2 aromatic rings. The van der Waals surface area contributed by atoms with Crippen LogP contribution in [0.25, 0.3) is 10.2 Å². The summed E-state index contributed by atoms with van der Waals surface area (Å²) in [7, 11) is 0. The lowest BCUT2D eigenvalue weighted by Crippen LogP contribution is -2.22. The van der Waals surface area contributed by atoms with Gasteiger partial charge in [0.1, 0.15) is 10.6 Å². The lowest BCUT2D eigenvalue weighted by atomic mass is 10.4. The van der Waals surface area contributed by atoms with E-state index >= 15 is 0 Å². The largest absolute Gasteiger partial charge is 0.383 e. The van der Waals surface area contributed by atoms with Gasteiger partial charge in [0.15, 0.2) is 5.16 Å². The Balaban J connectivity index is 2.35. The van der Waals surface area contributed by atoms with Gasteiger partial charge in [-0.05, 0) is 18.4 Å². The summed E-state index contributed by atoms with van der Waals surface area (Å²) in [5.74, 6) is 0.0452. The number of nitrogen functional groups attached to an aromatic ring is 1. The summed E-state index contributed by atoms with van der Waals surface area (Å²) in [5, 5.41) is 2.87. The van der Waals surface area contributed by atoms with E-state index in [0.29, 0.717) is 11.0 Å². The van der Waals surface area contributed by atoms with Gasteiger partial charge in [-0.3, -0.25) is 4.79 Å². The first-order chi connectivity index (χ1) is 7.58. The number of hydrogen-bond donors (Lipinski definition) is 2. The number of nitrogens with two attached hydrogens (primary N) is 2. The highest BCUT2D eigenvalue weighted by molar-refractivity contribution is 8.00. The number of anilines is 1. The monoisotopic (exact) mass is 254 g/mol. The summed E-state index contributed by atoms with van der Waals surface area (Å²) in [5.41, 5.74) is 10.9. The molecule has 4 N–H and O–H groups in total. The third kappa shape index (κ3) is 2.10. The Morgan fingerprint density at radius 2 is 2.31 bits per heavy atom. The number of thioether (sulfide) groups is 1. The van der Waals surface area contributed by atoms with Crippen molar-refractivity contribution in [2.24, 2.45) is 5.73 Å². The number of thiophene rings is 1. The molecule has 0 bridgehead atoms. The average molecular weight is 254 g/mol. The van der Waals surface area contributed by atoms with E-state index in [1.165, 1.54) is 23.1 Å². The Labute approximate surface area is 100 Å². The highest BCUT2D eigenvalue weighted by atomic mass is 32.2. The van der Waals surface area contributed by atoms with Crippen LogP contribution in [0.4, 0.5) is 5.82 Å². The van der Waals surface area contributed by atoms with Crippen LogP contribution in [0, 0.1) is 0 Å². The molecule has 2 aromatic heterocycles. The molecule has 0 radical (unpaired) electrons. The van der Waals surface area contributed by atoms with Gasteiger partial charge in [-0.1, -0.05) is 11.8 Å². The first kappa shape index (κ1) is 11.2. The maximum Gasteiger partial charge on any atom is 0.230 e. The van der Waals surface area contributed by atoms with Crippen LogP contribution in [0.3, 0.4) is 0 Å². The number of amides is 1. The van der Waals surface area contributed by atoms with E-state index in [1.54, 1.807) is 6.92 Å². The first-order valence-electron chi connectivity index (χ1n) is 4.54. The van der Waals surface area contributed by atoms with Gasteiger partial charge in [0.05, 0.1) is 10.6 Å². The fourth-order valence-corrected chi connectivity index (χ4v) is 2.68. The second-order valence-corrected chi connectivity index (χ2v) is 5.40. The second-order valence-electron chi connectivity index (χ2n) is 3.19. The van der Waals surface area contributed by atoms with Gasteiger partial charge >= 0.3 is 0 Å². The molecule has 0 saturated heterocycles. The molecule has 2 rings (SSSR count). The van der Waals surface area contributed by atoms with E-state index in [2.05, 4.69) is 9.97 Å².